The second kappa shape index (κ2) is 17.8. The highest BCUT2D eigenvalue weighted by molar-refractivity contribution is 5.95. The van der Waals surface area contributed by atoms with Gasteiger partial charge in [0.05, 0.1) is 27.2 Å². The van der Waals surface area contributed by atoms with Crippen LogP contribution in [0.2, 0.25) is 0 Å². The summed E-state index contributed by atoms with van der Waals surface area (Å²) in [5.41, 5.74) is 1.70. The Hall–Kier alpha value is -2.64. The zero-order valence-electron chi connectivity index (χ0n) is 23.6. The molecule has 0 spiro atoms. The van der Waals surface area contributed by atoms with E-state index in [0.717, 1.165) is 56.5 Å². The van der Waals surface area contributed by atoms with Crippen LogP contribution in [-0.4, -0.2) is 56.5 Å². The van der Waals surface area contributed by atoms with E-state index < -0.39 is 0 Å². The molecule has 0 aliphatic carbocycles. The lowest BCUT2D eigenvalue weighted by Crippen LogP contribution is -3.00. The minimum atomic E-state index is 0. The SMILES string of the molecule is C=CCc1cccc(Oc2ccc(C(=O)CC)cc2)c1OCCCC[N+](C)(C)CC(=O)NCCCCC.[Br-]. The van der Waals surface area contributed by atoms with Crippen molar-refractivity contribution in [1.29, 1.82) is 0 Å². The molecule has 0 aliphatic heterocycles. The molecule has 0 bridgehead atoms. The number of nitrogens with zero attached hydrogens (tertiary/aromatic N) is 1. The molecule has 6 nitrogen and oxygen atoms in total. The lowest BCUT2D eigenvalue weighted by atomic mass is 10.1. The predicted octanol–water partition coefficient (Wildman–Crippen LogP) is 3.35. The summed E-state index contributed by atoms with van der Waals surface area (Å²) in [5.74, 6) is 2.24. The van der Waals surface area contributed by atoms with Gasteiger partial charge in [-0.25, -0.2) is 0 Å². The van der Waals surface area contributed by atoms with Crippen LogP contribution in [0, 0.1) is 0 Å². The van der Waals surface area contributed by atoms with Crippen LogP contribution >= 0.6 is 0 Å². The molecule has 0 fully saturated rings. The number of likely N-dealkylation sites (N-methyl/N-ethyl adjacent to an activating group) is 1. The Bertz CT molecular complexity index is 1010. The van der Waals surface area contributed by atoms with E-state index in [1.165, 1.54) is 0 Å². The largest absolute Gasteiger partial charge is 1.00 e. The summed E-state index contributed by atoms with van der Waals surface area (Å²) in [4.78, 5) is 24.2. The van der Waals surface area contributed by atoms with Crippen LogP contribution in [0.4, 0.5) is 0 Å². The van der Waals surface area contributed by atoms with Gasteiger partial charge >= 0.3 is 0 Å². The molecule has 2 aromatic carbocycles. The Morgan fingerprint density at radius 3 is 2.39 bits per heavy atom. The maximum atomic E-state index is 12.3. The molecule has 0 saturated carbocycles. The molecule has 38 heavy (non-hydrogen) atoms. The number of rotatable bonds is 18. The molecular weight excluding hydrogens is 544 g/mol. The Morgan fingerprint density at radius 1 is 1.00 bits per heavy atom. The molecular formula is C31H45BrN2O4. The molecule has 1 amide bonds. The van der Waals surface area contributed by atoms with Gasteiger partial charge in [0.15, 0.2) is 23.8 Å². The van der Waals surface area contributed by atoms with E-state index in [1.807, 2.05) is 43.3 Å². The number of carbonyl (C=O) groups is 2. The van der Waals surface area contributed by atoms with Crippen molar-refractivity contribution >= 4 is 11.7 Å². The van der Waals surface area contributed by atoms with Crippen LogP contribution < -0.4 is 31.8 Å². The second-order valence-electron chi connectivity index (χ2n) is 10.1. The third-order valence-corrected chi connectivity index (χ3v) is 6.23. The fourth-order valence-corrected chi connectivity index (χ4v) is 4.10. The lowest BCUT2D eigenvalue weighted by molar-refractivity contribution is -0.882. The number of para-hydroxylation sites is 1. The van der Waals surface area contributed by atoms with Crippen molar-refractivity contribution in [2.75, 3.05) is 40.3 Å². The topological polar surface area (TPSA) is 64.6 Å². The van der Waals surface area contributed by atoms with E-state index in [9.17, 15) is 9.59 Å². The summed E-state index contributed by atoms with van der Waals surface area (Å²) in [7, 11) is 4.19. The molecule has 0 radical (unpaired) electrons. The first-order valence-electron chi connectivity index (χ1n) is 13.5. The van der Waals surface area contributed by atoms with Crippen LogP contribution in [0.25, 0.3) is 0 Å². The van der Waals surface area contributed by atoms with Gasteiger partial charge in [0.1, 0.15) is 5.75 Å². The van der Waals surface area contributed by atoms with E-state index in [2.05, 4.69) is 32.9 Å². The zero-order chi connectivity index (χ0) is 27.1. The number of carbonyl (C=O) groups excluding carboxylic acids is 2. The number of hydrogen-bond donors (Lipinski definition) is 1. The number of ether oxygens (including phenoxy) is 2. The molecule has 2 rings (SSSR count). The Balaban J connectivity index is 0.00000722. The monoisotopic (exact) mass is 588 g/mol. The maximum Gasteiger partial charge on any atom is 0.275 e. The predicted molar refractivity (Wildman–Crippen MR) is 151 cm³/mol. The van der Waals surface area contributed by atoms with Crippen molar-refractivity contribution in [3.8, 4) is 17.2 Å². The molecule has 1 N–H and O–H groups in total. The number of amides is 1. The normalized spacial score (nSPS) is 10.8. The highest BCUT2D eigenvalue weighted by Crippen LogP contribution is 2.35. The summed E-state index contributed by atoms with van der Waals surface area (Å²) in [5, 5.41) is 3.03. The maximum absolute atomic E-state index is 12.3. The minimum absolute atomic E-state index is 0. The van der Waals surface area contributed by atoms with E-state index >= 15 is 0 Å². The number of ketones is 1. The van der Waals surface area contributed by atoms with E-state index in [4.69, 9.17) is 9.47 Å². The van der Waals surface area contributed by atoms with Crippen molar-refractivity contribution in [2.45, 2.75) is 58.8 Å². The zero-order valence-corrected chi connectivity index (χ0v) is 25.1. The molecule has 0 aliphatic rings. The molecule has 2 aromatic rings. The van der Waals surface area contributed by atoms with Crippen LogP contribution in [0.15, 0.2) is 55.1 Å². The number of nitrogens with one attached hydrogen (secondary N) is 1. The van der Waals surface area contributed by atoms with Gasteiger partial charge in [-0.3, -0.25) is 9.59 Å². The number of hydrogen-bond acceptors (Lipinski definition) is 4. The fraction of sp³-hybridized carbons (Fsp3) is 0.484. The fourth-order valence-electron chi connectivity index (χ4n) is 4.10. The van der Waals surface area contributed by atoms with E-state index in [1.54, 1.807) is 12.1 Å². The van der Waals surface area contributed by atoms with Gasteiger partial charge in [0.25, 0.3) is 5.91 Å². The van der Waals surface area contributed by atoms with Crippen LogP contribution in [0.5, 0.6) is 17.2 Å². The summed E-state index contributed by atoms with van der Waals surface area (Å²) >= 11 is 0. The number of Topliss-reactive ketones (excluding diaryl/α,β-unsaturated/α-hetero) is 1. The summed E-state index contributed by atoms with van der Waals surface area (Å²) in [6, 6.07) is 13.1. The van der Waals surface area contributed by atoms with Crippen LogP contribution in [0.1, 0.15) is 68.3 Å². The molecule has 0 aromatic heterocycles. The molecule has 0 heterocycles. The van der Waals surface area contributed by atoms with Crippen LogP contribution in [0.3, 0.4) is 0 Å². The Morgan fingerprint density at radius 2 is 1.74 bits per heavy atom. The Kier molecular flexibility index (Phi) is 15.6. The van der Waals surface area contributed by atoms with Gasteiger partial charge in [-0.1, -0.05) is 44.9 Å². The quantitative estimate of drug-likeness (QED) is 0.125. The molecule has 0 unspecified atom stereocenters. The van der Waals surface area contributed by atoms with Crippen molar-refractivity contribution in [2.24, 2.45) is 0 Å². The summed E-state index contributed by atoms with van der Waals surface area (Å²) < 4.78 is 13.0. The van der Waals surface area contributed by atoms with Crippen LogP contribution in [-0.2, 0) is 11.2 Å². The summed E-state index contributed by atoms with van der Waals surface area (Å²) in [6.45, 7) is 10.6. The molecule has 0 atom stereocenters. The first kappa shape index (κ1) is 33.4. The highest BCUT2D eigenvalue weighted by atomic mass is 79.9. The molecule has 0 saturated heterocycles. The van der Waals surface area contributed by atoms with Gasteiger partial charge in [-0.05, 0) is 56.0 Å². The smallest absolute Gasteiger partial charge is 0.275 e. The van der Waals surface area contributed by atoms with Crippen molar-refractivity contribution in [3.05, 3.63) is 66.2 Å². The van der Waals surface area contributed by atoms with Crippen molar-refractivity contribution in [3.63, 3.8) is 0 Å². The van der Waals surface area contributed by atoms with E-state index in [0.29, 0.717) is 47.5 Å². The average Bonchev–Trinajstić information content (AvgIpc) is 2.87. The Labute approximate surface area is 239 Å². The van der Waals surface area contributed by atoms with Crippen molar-refractivity contribution in [1.82, 2.24) is 5.32 Å². The standard InChI is InChI=1S/C31H44N2O4.BrH/c1-6-9-10-21-32-30(35)24-33(4,5)22-11-12-23-36-31-26(14-7-2)15-13-16-29(31)37-27-19-17-25(18-20-27)28(34)8-3;/h7,13,15-20H,2,6,8-12,14,21-24H2,1,3-5H3;1H. The number of halogens is 1. The highest BCUT2D eigenvalue weighted by Gasteiger charge is 2.19. The first-order valence-corrected chi connectivity index (χ1v) is 13.5. The van der Waals surface area contributed by atoms with Gasteiger partial charge < -0.3 is 36.3 Å². The van der Waals surface area contributed by atoms with Gasteiger partial charge in [-0.2, -0.15) is 0 Å². The van der Waals surface area contributed by atoms with Gasteiger partial charge in [0, 0.05) is 24.1 Å². The minimum Gasteiger partial charge on any atom is -1.00 e. The molecule has 210 valence electrons. The van der Waals surface area contributed by atoms with E-state index in [-0.39, 0.29) is 28.7 Å². The lowest BCUT2D eigenvalue weighted by Gasteiger charge is -2.29. The number of quaternary nitrogens is 1. The third kappa shape index (κ3) is 11.8. The molecule has 7 heteroatoms. The van der Waals surface area contributed by atoms with Crippen molar-refractivity contribution < 1.29 is 40.5 Å². The van der Waals surface area contributed by atoms with Gasteiger partial charge in [0.2, 0.25) is 0 Å². The third-order valence-electron chi connectivity index (χ3n) is 6.23. The van der Waals surface area contributed by atoms with Gasteiger partial charge in [-0.15, -0.1) is 6.58 Å². The number of allylic oxidation sites excluding steroid dienone is 1. The first-order chi connectivity index (χ1) is 17.8. The average molecular weight is 590 g/mol. The summed E-state index contributed by atoms with van der Waals surface area (Å²) in [6.07, 6.45) is 8.16. The number of benzene rings is 2. The number of unbranched alkanes of at least 4 members (excludes halogenated alkanes) is 3. The second-order valence-corrected chi connectivity index (χ2v) is 10.1.